The smallest absolute Gasteiger partial charge is 0.219 e. The van der Waals surface area contributed by atoms with Crippen molar-refractivity contribution in [2.45, 2.75) is 39.0 Å². The lowest BCUT2D eigenvalue weighted by molar-refractivity contribution is -0.121. The van der Waals surface area contributed by atoms with Gasteiger partial charge in [0, 0.05) is 26.7 Å². The molecule has 0 radical (unpaired) electrons. The second-order valence-electron chi connectivity index (χ2n) is 3.15. The van der Waals surface area contributed by atoms with E-state index in [0.717, 1.165) is 38.8 Å². The zero-order valence-corrected chi connectivity index (χ0v) is 8.77. The Morgan fingerprint density at radius 2 is 2.08 bits per heavy atom. The molecule has 0 rings (SSSR count). The van der Waals surface area contributed by atoms with Crippen LogP contribution < -0.4 is 5.32 Å². The summed E-state index contributed by atoms with van der Waals surface area (Å²) in [5.41, 5.74) is 0. The van der Waals surface area contributed by atoms with Gasteiger partial charge in [0.25, 0.3) is 0 Å². The number of carbonyl (C=O) groups excluding carboxylic acids is 1. The van der Waals surface area contributed by atoms with E-state index in [1.54, 1.807) is 7.11 Å². The number of methoxy groups -OCH3 is 1. The first kappa shape index (κ1) is 12.4. The molecule has 1 N–H and O–H groups in total. The maximum atomic E-state index is 11.1. The zero-order valence-electron chi connectivity index (χ0n) is 8.77. The third-order valence-corrected chi connectivity index (χ3v) is 1.82. The molecule has 3 heteroatoms. The summed E-state index contributed by atoms with van der Waals surface area (Å²) < 4.78 is 4.91. The molecule has 0 aliphatic rings. The summed E-state index contributed by atoms with van der Waals surface area (Å²) in [5.74, 6) is 0.180. The molecule has 0 unspecified atom stereocenters. The highest BCUT2D eigenvalue weighted by molar-refractivity contribution is 5.75. The number of hydrogen-bond donors (Lipinski definition) is 1. The van der Waals surface area contributed by atoms with E-state index >= 15 is 0 Å². The Balaban J connectivity index is 3.08. The molecule has 0 aliphatic carbocycles. The van der Waals surface area contributed by atoms with E-state index in [9.17, 15) is 4.79 Å². The minimum atomic E-state index is 0.180. The zero-order chi connectivity index (χ0) is 9.94. The fraction of sp³-hybridized carbons (Fsp3) is 0.900. The van der Waals surface area contributed by atoms with Crippen LogP contribution in [0.2, 0.25) is 0 Å². The van der Waals surface area contributed by atoms with Crippen molar-refractivity contribution < 1.29 is 9.53 Å². The Kier molecular flexibility index (Phi) is 9.10. The molecule has 13 heavy (non-hydrogen) atoms. The van der Waals surface area contributed by atoms with Gasteiger partial charge in [-0.05, 0) is 19.3 Å². The largest absolute Gasteiger partial charge is 0.385 e. The van der Waals surface area contributed by atoms with Crippen LogP contribution in [0.15, 0.2) is 0 Å². The molecule has 78 valence electrons. The molecule has 3 nitrogen and oxygen atoms in total. The van der Waals surface area contributed by atoms with E-state index < -0.39 is 0 Å². The number of rotatable bonds is 8. The fourth-order valence-electron chi connectivity index (χ4n) is 1.06. The number of ether oxygens (including phenoxy) is 1. The van der Waals surface area contributed by atoms with Gasteiger partial charge in [-0.25, -0.2) is 0 Å². The first-order valence-electron chi connectivity index (χ1n) is 5.07. The molecule has 0 fully saturated rings. The lowest BCUT2D eigenvalue weighted by atomic mass is 10.2. The Bertz CT molecular complexity index is 126. The summed E-state index contributed by atoms with van der Waals surface area (Å²) in [6, 6.07) is 0. The number of unbranched alkanes of at least 4 members (excludes halogenated alkanes) is 2. The number of nitrogens with one attached hydrogen (secondary N) is 1. The molecule has 0 aromatic heterocycles. The molecule has 0 heterocycles. The normalized spacial score (nSPS) is 10.0. The van der Waals surface area contributed by atoms with Gasteiger partial charge < -0.3 is 10.1 Å². The molecular formula is C10H21NO2. The van der Waals surface area contributed by atoms with Gasteiger partial charge in [0.1, 0.15) is 0 Å². The predicted octanol–water partition coefficient (Wildman–Crippen LogP) is 1.72. The van der Waals surface area contributed by atoms with E-state index in [1.165, 1.54) is 0 Å². The Morgan fingerprint density at radius 1 is 1.31 bits per heavy atom. The van der Waals surface area contributed by atoms with Gasteiger partial charge in [0.2, 0.25) is 5.91 Å². The van der Waals surface area contributed by atoms with Gasteiger partial charge in [-0.2, -0.15) is 0 Å². The molecule has 0 atom stereocenters. The predicted molar refractivity (Wildman–Crippen MR) is 53.6 cm³/mol. The first-order valence-corrected chi connectivity index (χ1v) is 5.07. The van der Waals surface area contributed by atoms with Crippen LogP contribution in [0.25, 0.3) is 0 Å². The molecule has 0 aromatic carbocycles. The molecule has 0 saturated carbocycles. The fourth-order valence-corrected chi connectivity index (χ4v) is 1.06. The number of hydrogen-bond acceptors (Lipinski definition) is 2. The summed E-state index contributed by atoms with van der Waals surface area (Å²) in [6.07, 6.45) is 4.77. The lowest BCUT2D eigenvalue weighted by Gasteiger charge is -2.02. The van der Waals surface area contributed by atoms with Crippen LogP contribution in [0.5, 0.6) is 0 Å². The molecule has 0 aromatic rings. The molecule has 0 saturated heterocycles. The maximum Gasteiger partial charge on any atom is 0.219 e. The third-order valence-electron chi connectivity index (χ3n) is 1.82. The van der Waals surface area contributed by atoms with Crippen molar-refractivity contribution in [1.82, 2.24) is 5.32 Å². The molecular weight excluding hydrogens is 166 g/mol. The monoisotopic (exact) mass is 187 g/mol. The van der Waals surface area contributed by atoms with Gasteiger partial charge in [-0.15, -0.1) is 0 Å². The SMILES string of the molecule is CCCNC(=O)CCCCCOC. The van der Waals surface area contributed by atoms with Crippen LogP contribution in [0.4, 0.5) is 0 Å². The van der Waals surface area contributed by atoms with Crippen LogP contribution in [0.1, 0.15) is 39.0 Å². The van der Waals surface area contributed by atoms with E-state index in [1.807, 2.05) is 0 Å². The van der Waals surface area contributed by atoms with E-state index in [0.29, 0.717) is 6.42 Å². The Labute approximate surface area is 80.8 Å². The first-order chi connectivity index (χ1) is 6.31. The summed E-state index contributed by atoms with van der Waals surface area (Å²) in [6.45, 7) is 3.66. The molecule has 0 bridgehead atoms. The summed E-state index contributed by atoms with van der Waals surface area (Å²) >= 11 is 0. The van der Waals surface area contributed by atoms with Crippen molar-refractivity contribution in [3.05, 3.63) is 0 Å². The summed E-state index contributed by atoms with van der Waals surface area (Å²) in [7, 11) is 1.70. The Morgan fingerprint density at radius 3 is 2.69 bits per heavy atom. The lowest BCUT2D eigenvalue weighted by Crippen LogP contribution is -2.23. The van der Waals surface area contributed by atoms with E-state index in [2.05, 4.69) is 12.2 Å². The maximum absolute atomic E-state index is 11.1. The van der Waals surface area contributed by atoms with Crippen LogP contribution in [-0.2, 0) is 9.53 Å². The quantitative estimate of drug-likeness (QED) is 0.588. The topological polar surface area (TPSA) is 38.3 Å². The minimum Gasteiger partial charge on any atom is -0.385 e. The Hall–Kier alpha value is -0.570. The minimum absolute atomic E-state index is 0.180. The third kappa shape index (κ3) is 9.34. The van der Waals surface area contributed by atoms with Gasteiger partial charge in [-0.1, -0.05) is 13.3 Å². The van der Waals surface area contributed by atoms with Crippen LogP contribution in [0, 0.1) is 0 Å². The van der Waals surface area contributed by atoms with Gasteiger partial charge in [0.15, 0.2) is 0 Å². The molecule has 0 aliphatic heterocycles. The van der Waals surface area contributed by atoms with Crippen molar-refractivity contribution >= 4 is 5.91 Å². The van der Waals surface area contributed by atoms with Gasteiger partial charge in [-0.3, -0.25) is 4.79 Å². The van der Waals surface area contributed by atoms with Crippen molar-refractivity contribution in [2.24, 2.45) is 0 Å². The highest BCUT2D eigenvalue weighted by Gasteiger charge is 1.98. The molecule has 0 spiro atoms. The molecule has 1 amide bonds. The van der Waals surface area contributed by atoms with E-state index in [-0.39, 0.29) is 5.91 Å². The standard InChI is InChI=1S/C10H21NO2/c1-3-8-11-10(12)7-5-4-6-9-13-2/h3-9H2,1-2H3,(H,11,12). The number of carbonyl (C=O) groups is 1. The van der Waals surface area contributed by atoms with Crippen molar-refractivity contribution in [3.8, 4) is 0 Å². The van der Waals surface area contributed by atoms with Crippen molar-refractivity contribution in [1.29, 1.82) is 0 Å². The second-order valence-corrected chi connectivity index (χ2v) is 3.15. The van der Waals surface area contributed by atoms with Crippen LogP contribution >= 0.6 is 0 Å². The van der Waals surface area contributed by atoms with Crippen LogP contribution in [0.3, 0.4) is 0 Å². The summed E-state index contributed by atoms with van der Waals surface area (Å²) in [5, 5.41) is 2.85. The van der Waals surface area contributed by atoms with Gasteiger partial charge >= 0.3 is 0 Å². The second kappa shape index (κ2) is 9.52. The van der Waals surface area contributed by atoms with Crippen LogP contribution in [-0.4, -0.2) is 26.2 Å². The highest BCUT2D eigenvalue weighted by atomic mass is 16.5. The van der Waals surface area contributed by atoms with Crippen molar-refractivity contribution in [2.75, 3.05) is 20.3 Å². The van der Waals surface area contributed by atoms with Gasteiger partial charge in [0.05, 0.1) is 0 Å². The summed E-state index contributed by atoms with van der Waals surface area (Å²) in [4.78, 5) is 11.1. The highest BCUT2D eigenvalue weighted by Crippen LogP contribution is 1.99. The average molecular weight is 187 g/mol. The average Bonchev–Trinajstić information content (AvgIpc) is 2.14. The number of amides is 1. The van der Waals surface area contributed by atoms with Crippen molar-refractivity contribution in [3.63, 3.8) is 0 Å². The van der Waals surface area contributed by atoms with E-state index in [4.69, 9.17) is 4.74 Å².